The third-order valence-electron chi connectivity index (χ3n) is 1.63. The molecule has 1 heterocycles. The quantitative estimate of drug-likeness (QED) is 0.450. The molecule has 0 bridgehead atoms. The molecule has 1 unspecified atom stereocenters. The Bertz CT molecular complexity index is 108. The van der Waals surface area contributed by atoms with Gasteiger partial charge in [0.1, 0.15) is 0 Å². The van der Waals surface area contributed by atoms with Crippen LogP contribution in [-0.2, 0) is 0 Å². The van der Waals surface area contributed by atoms with Crippen LogP contribution in [0.25, 0.3) is 0 Å². The van der Waals surface area contributed by atoms with Crippen LogP contribution in [0.3, 0.4) is 0 Å². The van der Waals surface area contributed by atoms with E-state index in [1.807, 2.05) is 12.4 Å². The molecule has 1 aliphatic heterocycles. The number of allylic oxidation sites excluding steroid dienone is 1. The maximum absolute atomic E-state index is 4.00. The van der Waals surface area contributed by atoms with Crippen LogP contribution < -0.4 is 0 Å². The lowest BCUT2D eigenvalue weighted by atomic mass is 9.96. The van der Waals surface area contributed by atoms with Crippen molar-refractivity contribution in [3.05, 3.63) is 12.3 Å². The van der Waals surface area contributed by atoms with Crippen LogP contribution in [0.5, 0.6) is 0 Å². The molecule has 0 spiro atoms. The fourth-order valence-electron chi connectivity index (χ4n) is 0.682. The van der Waals surface area contributed by atoms with E-state index in [0.29, 0.717) is 11.8 Å². The van der Waals surface area contributed by atoms with Crippen LogP contribution >= 0.6 is 0 Å². The zero-order chi connectivity index (χ0) is 5.98. The van der Waals surface area contributed by atoms with E-state index < -0.39 is 0 Å². The Kier molecular flexibility index (Phi) is 1.47. The Morgan fingerprint density at radius 1 is 1.25 bits per heavy atom. The average Bonchev–Trinajstić information content (AvgIpc) is 1.77. The molecule has 0 aromatic heterocycles. The molecular formula is C7H11N. The van der Waals surface area contributed by atoms with Gasteiger partial charge in [0.25, 0.3) is 0 Å². The number of hydrogen-bond acceptors (Lipinski definition) is 1. The minimum atomic E-state index is 0.625. The fraction of sp³-hybridized carbons (Fsp3) is 0.571. The first-order valence-corrected chi connectivity index (χ1v) is 3.00. The Labute approximate surface area is 50.1 Å². The molecule has 0 aromatic carbocycles. The second-order valence-corrected chi connectivity index (χ2v) is 2.36. The number of rotatable bonds is 0. The van der Waals surface area contributed by atoms with Crippen molar-refractivity contribution in [2.75, 3.05) is 0 Å². The lowest BCUT2D eigenvalue weighted by molar-refractivity contribution is 0.592. The monoisotopic (exact) mass is 109 g/mol. The molecule has 8 heavy (non-hydrogen) atoms. The van der Waals surface area contributed by atoms with Gasteiger partial charge in [-0.1, -0.05) is 19.9 Å². The van der Waals surface area contributed by atoms with E-state index >= 15 is 0 Å². The van der Waals surface area contributed by atoms with Gasteiger partial charge in [0.15, 0.2) is 0 Å². The molecule has 0 fully saturated rings. The topological polar surface area (TPSA) is 12.4 Å². The molecule has 0 aromatic rings. The normalized spacial score (nSPS) is 35.8. The highest BCUT2D eigenvalue weighted by Gasteiger charge is 2.07. The highest BCUT2D eigenvalue weighted by atomic mass is 14.7. The third kappa shape index (κ3) is 0.971. The van der Waals surface area contributed by atoms with Crippen molar-refractivity contribution >= 4 is 6.21 Å². The molecule has 0 saturated heterocycles. The first-order valence-electron chi connectivity index (χ1n) is 3.00. The van der Waals surface area contributed by atoms with Crippen molar-refractivity contribution in [3.8, 4) is 0 Å². The van der Waals surface area contributed by atoms with Crippen LogP contribution in [-0.4, -0.2) is 6.21 Å². The summed E-state index contributed by atoms with van der Waals surface area (Å²) in [6.07, 6.45) is 5.99. The van der Waals surface area contributed by atoms with Crippen LogP contribution in [0.2, 0.25) is 0 Å². The molecule has 44 valence electrons. The van der Waals surface area contributed by atoms with Crippen molar-refractivity contribution in [2.24, 2.45) is 16.8 Å². The molecule has 0 radical (unpaired) electrons. The molecule has 0 saturated carbocycles. The zero-order valence-corrected chi connectivity index (χ0v) is 5.33. The molecule has 1 heteroatoms. The van der Waals surface area contributed by atoms with E-state index in [9.17, 15) is 0 Å². The van der Waals surface area contributed by atoms with Crippen molar-refractivity contribution in [1.82, 2.24) is 0 Å². The molecule has 2 atom stereocenters. The van der Waals surface area contributed by atoms with Crippen LogP contribution in [0, 0.1) is 11.8 Å². The van der Waals surface area contributed by atoms with Crippen molar-refractivity contribution in [2.45, 2.75) is 13.8 Å². The Balaban J connectivity index is 2.59. The van der Waals surface area contributed by atoms with E-state index in [2.05, 4.69) is 24.9 Å². The predicted octanol–water partition coefficient (Wildman–Crippen LogP) is 1.86. The summed E-state index contributed by atoms with van der Waals surface area (Å²) >= 11 is 0. The van der Waals surface area contributed by atoms with Crippen molar-refractivity contribution < 1.29 is 0 Å². The maximum Gasteiger partial charge on any atom is 0.0226 e. The van der Waals surface area contributed by atoms with Crippen LogP contribution in [0.1, 0.15) is 13.8 Å². The minimum absolute atomic E-state index is 0.625. The molecule has 0 aliphatic carbocycles. The van der Waals surface area contributed by atoms with Gasteiger partial charge in [-0.15, -0.1) is 0 Å². The third-order valence-corrected chi connectivity index (χ3v) is 1.63. The second-order valence-electron chi connectivity index (χ2n) is 2.36. The van der Waals surface area contributed by atoms with Gasteiger partial charge >= 0.3 is 0 Å². The summed E-state index contributed by atoms with van der Waals surface area (Å²) in [5.41, 5.74) is 0. The summed E-state index contributed by atoms with van der Waals surface area (Å²) in [5, 5.41) is 0. The Morgan fingerprint density at radius 2 is 2.00 bits per heavy atom. The second kappa shape index (κ2) is 2.12. The molecule has 1 aliphatic rings. The van der Waals surface area contributed by atoms with Gasteiger partial charge in [-0.05, 0) is 11.8 Å². The van der Waals surface area contributed by atoms with Gasteiger partial charge < -0.3 is 0 Å². The summed E-state index contributed by atoms with van der Waals surface area (Å²) in [6.45, 7) is 4.38. The molecular weight excluding hydrogens is 98.1 g/mol. The lowest BCUT2D eigenvalue weighted by Gasteiger charge is -2.12. The van der Waals surface area contributed by atoms with Gasteiger partial charge in [0.05, 0.1) is 0 Å². The standard InChI is InChI=1S/C7H11N/c1-6-3-4-8-5-7(6)2/h3-7H,1-2H3/t6?,7-/m1/s1. The molecule has 0 N–H and O–H groups in total. The van der Waals surface area contributed by atoms with Gasteiger partial charge in [-0.25, -0.2) is 0 Å². The fourth-order valence-corrected chi connectivity index (χ4v) is 0.682. The van der Waals surface area contributed by atoms with Crippen molar-refractivity contribution in [3.63, 3.8) is 0 Å². The van der Waals surface area contributed by atoms with Gasteiger partial charge in [-0.2, -0.15) is 0 Å². The number of hydrogen-bond donors (Lipinski definition) is 0. The average molecular weight is 109 g/mol. The summed E-state index contributed by atoms with van der Waals surface area (Å²) in [7, 11) is 0. The van der Waals surface area contributed by atoms with E-state index in [1.54, 1.807) is 0 Å². The highest BCUT2D eigenvalue weighted by Crippen LogP contribution is 2.12. The largest absolute Gasteiger partial charge is 0.269 e. The Morgan fingerprint density at radius 3 is 2.38 bits per heavy atom. The maximum atomic E-state index is 4.00. The SMILES string of the molecule is CC1C=CN=C[C@H]1C. The number of nitrogens with zero attached hydrogens (tertiary/aromatic N) is 1. The summed E-state index contributed by atoms with van der Waals surface area (Å²) in [4.78, 5) is 4.00. The molecule has 1 rings (SSSR count). The summed E-state index contributed by atoms with van der Waals surface area (Å²) in [5.74, 6) is 1.30. The van der Waals surface area contributed by atoms with Crippen LogP contribution in [0.15, 0.2) is 17.3 Å². The van der Waals surface area contributed by atoms with E-state index in [0.717, 1.165) is 0 Å². The lowest BCUT2D eigenvalue weighted by Crippen LogP contribution is -2.08. The number of aliphatic imine (C=N–C) groups is 1. The first kappa shape index (κ1) is 5.54. The Hall–Kier alpha value is -0.590. The summed E-state index contributed by atoms with van der Waals surface area (Å²) in [6, 6.07) is 0. The van der Waals surface area contributed by atoms with Crippen LogP contribution in [0.4, 0.5) is 0 Å². The van der Waals surface area contributed by atoms with E-state index in [-0.39, 0.29) is 0 Å². The van der Waals surface area contributed by atoms with Crippen molar-refractivity contribution in [1.29, 1.82) is 0 Å². The van der Waals surface area contributed by atoms with Gasteiger partial charge in [0, 0.05) is 12.4 Å². The van der Waals surface area contributed by atoms with Gasteiger partial charge in [0.2, 0.25) is 0 Å². The minimum Gasteiger partial charge on any atom is -0.269 e. The molecule has 0 amide bonds. The smallest absolute Gasteiger partial charge is 0.0226 e. The van der Waals surface area contributed by atoms with E-state index in [4.69, 9.17) is 0 Å². The summed E-state index contributed by atoms with van der Waals surface area (Å²) < 4.78 is 0. The highest BCUT2D eigenvalue weighted by molar-refractivity contribution is 5.62. The zero-order valence-electron chi connectivity index (χ0n) is 5.33. The van der Waals surface area contributed by atoms with Gasteiger partial charge in [-0.3, -0.25) is 4.99 Å². The predicted molar refractivity (Wildman–Crippen MR) is 36.0 cm³/mol. The van der Waals surface area contributed by atoms with E-state index in [1.165, 1.54) is 0 Å². The first-order chi connectivity index (χ1) is 3.80. The molecule has 1 nitrogen and oxygen atoms in total.